The zero-order chi connectivity index (χ0) is 4.28. The van der Waals surface area contributed by atoms with Gasteiger partial charge in [0.15, 0.2) is 0 Å². The second-order valence-electron chi connectivity index (χ2n) is 0.305. The van der Waals surface area contributed by atoms with E-state index in [4.69, 9.17) is 15.4 Å². The van der Waals surface area contributed by atoms with Gasteiger partial charge in [0.2, 0.25) is 0 Å². The molecule has 0 saturated heterocycles. The van der Waals surface area contributed by atoms with Gasteiger partial charge in [-0.05, 0) is 0 Å². The predicted octanol–water partition coefficient (Wildman–Crippen LogP) is -0.716. The van der Waals surface area contributed by atoms with Gasteiger partial charge in [-0.2, -0.15) is 0 Å². The zero-order valence-electron chi connectivity index (χ0n) is 3.40. The molecule has 0 aliphatic carbocycles. The van der Waals surface area contributed by atoms with Crippen molar-refractivity contribution in [1.82, 2.24) is 0 Å². The normalized spacial score (nSPS) is 4.71. The standard InChI is InChI=1S/Al.HNO4.Zn/c;2-1(3)5-4;/h;4H;/q+3;;+2. The minimum Gasteiger partial charge on any atom is -0.214 e. The molecule has 0 radical (unpaired) electrons. The summed E-state index contributed by atoms with van der Waals surface area (Å²) in [5.41, 5.74) is 0. The van der Waals surface area contributed by atoms with Gasteiger partial charge in [-0.1, -0.05) is 0 Å². The van der Waals surface area contributed by atoms with Crippen LogP contribution >= 0.6 is 0 Å². The average molecular weight is 171 g/mol. The molecule has 7 heavy (non-hydrogen) atoms. The summed E-state index contributed by atoms with van der Waals surface area (Å²) in [6.07, 6.45) is 0. The first-order valence-corrected chi connectivity index (χ1v) is 0.730. The van der Waals surface area contributed by atoms with Crippen molar-refractivity contribution in [2.24, 2.45) is 0 Å². The van der Waals surface area contributed by atoms with E-state index in [0.29, 0.717) is 0 Å². The molecule has 0 fully saturated rings. The molecule has 0 aromatic carbocycles. The quantitative estimate of drug-likeness (QED) is 0.245. The van der Waals surface area contributed by atoms with Crippen molar-refractivity contribution in [3.63, 3.8) is 0 Å². The van der Waals surface area contributed by atoms with Gasteiger partial charge < -0.3 is 0 Å². The Hall–Kier alpha value is 0.316. The van der Waals surface area contributed by atoms with E-state index in [-0.39, 0.29) is 36.8 Å². The van der Waals surface area contributed by atoms with Crippen molar-refractivity contribution in [2.75, 3.05) is 0 Å². The van der Waals surface area contributed by atoms with Gasteiger partial charge in [-0.25, -0.2) is 5.26 Å². The molecule has 0 amide bonds. The Bertz CT molecular complexity index is 47.0. The van der Waals surface area contributed by atoms with Crippen molar-refractivity contribution in [3.8, 4) is 0 Å². The van der Waals surface area contributed by atoms with Gasteiger partial charge in [0.1, 0.15) is 0 Å². The molecule has 0 saturated carbocycles. The maximum absolute atomic E-state index is 8.70. The third kappa shape index (κ3) is 21.9. The van der Waals surface area contributed by atoms with E-state index in [1.54, 1.807) is 0 Å². The average Bonchev–Trinajstić information content (AvgIpc) is 1.38. The van der Waals surface area contributed by atoms with Crippen LogP contribution in [0.4, 0.5) is 0 Å². The van der Waals surface area contributed by atoms with Crippen LogP contribution in [-0.2, 0) is 24.5 Å². The third-order valence-electron chi connectivity index (χ3n) is 0.0667. The maximum Gasteiger partial charge on any atom is 3.00 e. The monoisotopic (exact) mass is 170 g/mol. The summed E-state index contributed by atoms with van der Waals surface area (Å²) in [5.74, 6) is 0. The smallest absolute Gasteiger partial charge is 0.214 e. The number of hydrogen-bond donors (Lipinski definition) is 1. The van der Waals surface area contributed by atoms with Gasteiger partial charge in [0, 0.05) is 0 Å². The van der Waals surface area contributed by atoms with Crippen LogP contribution in [0.15, 0.2) is 0 Å². The Morgan fingerprint density at radius 1 is 1.71 bits per heavy atom. The molecular weight excluding hydrogens is 170 g/mol. The first-order valence-electron chi connectivity index (χ1n) is 0.730. The minimum absolute atomic E-state index is 0. The van der Waals surface area contributed by atoms with Gasteiger partial charge in [0.05, 0.1) is 0 Å². The fourth-order valence-corrected chi connectivity index (χ4v) is 0. The van der Waals surface area contributed by atoms with Crippen LogP contribution in [0, 0.1) is 10.1 Å². The summed E-state index contributed by atoms with van der Waals surface area (Å²) in [5, 5.41) is 14.3. The molecule has 0 unspecified atom stereocenters. The molecular formula is HAlNO4Zn+5. The SMILES string of the molecule is O=[N+]([O-])OO.[Al+3].[Zn+2]. The summed E-state index contributed by atoms with van der Waals surface area (Å²) >= 11 is 0. The van der Waals surface area contributed by atoms with E-state index in [1.165, 1.54) is 0 Å². The van der Waals surface area contributed by atoms with Crippen molar-refractivity contribution in [3.05, 3.63) is 10.1 Å². The number of rotatable bonds is 1. The molecule has 7 heteroatoms. The van der Waals surface area contributed by atoms with E-state index in [0.717, 1.165) is 0 Å². The van der Waals surface area contributed by atoms with Crippen LogP contribution in [0.1, 0.15) is 0 Å². The molecule has 0 rings (SSSR count). The summed E-state index contributed by atoms with van der Waals surface area (Å²) < 4.78 is 0. The maximum atomic E-state index is 8.70. The first-order chi connectivity index (χ1) is 2.27. The molecule has 0 heterocycles. The predicted molar refractivity (Wildman–Crippen MR) is 16.5 cm³/mol. The zero-order valence-corrected chi connectivity index (χ0v) is 7.53. The summed E-state index contributed by atoms with van der Waals surface area (Å²) in [6, 6.07) is 0. The second-order valence-corrected chi connectivity index (χ2v) is 0.305. The molecule has 0 aromatic rings. The first kappa shape index (κ1) is 15.7. The molecule has 5 nitrogen and oxygen atoms in total. The van der Waals surface area contributed by atoms with E-state index >= 15 is 0 Å². The molecule has 0 aliphatic heterocycles. The molecule has 0 aliphatic rings. The Morgan fingerprint density at radius 3 is 1.86 bits per heavy atom. The van der Waals surface area contributed by atoms with E-state index < -0.39 is 5.09 Å². The largest absolute Gasteiger partial charge is 3.00 e. The summed E-state index contributed by atoms with van der Waals surface area (Å²) in [4.78, 5) is 11.2. The Balaban J connectivity index is -0.0000000800. The van der Waals surface area contributed by atoms with Gasteiger partial charge in [-0.15, -0.1) is 15.1 Å². The molecule has 0 spiro atoms. The fraction of sp³-hybridized carbons (Fsp3) is 0. The van der Waals surface area contributed by atoms with E-state index in [9.17, 15) is 0 Å². The molecule has 0 atom stereocenters. The van der Waals surface area contributed by atoms with Crippen LogP contribution < -0.4 is 0 Å². The van der Waals surface area contributed by atoms with Crippen molar-refractivity contribution < 1.29 is 34.8 Å². The Labute approximate surface area is 62.6 Å². The Kier molecular flexibility index (Phi) is 21.4. The van der Waals surface area contributed by atoms with Crippen molar-refractivity contribution >= 4 is 17.4 Å². The van der Waals surface area contributed by atoms with E-state index in [2.05, 4.69) is 4.99 Å². The molecule has 0 aromatic heterocycles. The fourth-order valence-electron chi connectivity index (χ4n) is 0. The summed E-state index contributed by atoms with van der Waals surface area (Å²) in [6.45, 7) is 0. The number of hydrogen-bond acceptors (Lipinski definition) is 4. The van der Waals surface area contributed by atoms with Crippen LogP contribution in [0.2, 0.25) is 0 Å². The summed E-state index contributed by atoms with van der Waals surface area (Å²) in [7, 11) is 0. The third-order valence-corrected chi connectivity index (χ3v) is 0.0667. The molecule has 1 N–H and O–H groups in total. The van der Waals surface area contributed by atoms with Crippen molar-refractivity contribution in [2.45, 2.75) is 0 Å². The van der Waals surface area contributed by atoms with Crippen molar-refractivity contribution in [1.29, 1.82) is 0 Å². The minimum atomic E-state index is -1.32. The molecule has 30 valence electrons. The topological polar surface area (TPSA) is 72.6 Å². The Morgan fingerprint density at radius 2 is 1.86 bits per heavy atom. The second kappa shape index (κ2) is 9.58. The van der Waals surface area contributed by atoms with Gasteiger partial charge >= 0.3 is 41.9 Å². The van der Waals surface area contributed by atoms with E-state index in [1.807, 2.05) is 0 Å². The van der Waals surface area contributed by atoms with Crippen LogP contribution in [0.3, 0.4) is 0 Å². The van der Waals surface area contributed by atoms with Gasteiger partial charge in [0.25, 0.3) is 0 Å². The van der Waals surface area contributed by atoms with Crippen LogP contribution in [0.5, 0.6) is 0 Å². The van der Waals surface area contributed by atoms with Crippen LogP contribution in [0.25, 0.3) is 0 Å². The number of nitrogens with zero attached hydrogens (tertiary/aromatic N) is 1. The van der Waals surface area contributed by atoms with Gasteiger partial charge in [-0.3, -0.25) is 0 Å². The molecule has 0 bridgehead atoms. The van der Waals surface area contributed by atoms with Crippen LogP contribution in [-0.4, -0.2) is 27.7 Å².